The Bertz CT molecular complexity index is 496. The number of nitrogens with one attached hydrogen (secondary N) is 1. The van der Waals surface area contributed by atoms with Crippen LogP contribution in [0.25, 0.3) is 0 Å². The number of rotatable bonds is 2. The average Bonchev–Trinajstić information content (AvgIpc) is 2.20. The molecule has 7 heteroatoms. The Morgan fingerprint density at radius 1 is 1.38 bits per heavy atom. The number of aromatic nitrogens is 2. The molecule has 0 aliphatic rings. The zero-order chi connectivity index (χ0) is 12.7. The molecule has 0 atom stereocenters. The van der Waals surface area contributed by atoms with Gasteiger partial charge in [-0.1, -0.05) is 0 Å². The standard InChI is InChI=1S/C9H18N4O2S/c1-6-7(8(10)11-13(6)5)16(14,15)12-9(2,3)4/h12H,1-5H3,(H2,10,11). The first-order chi connectivity index (χ1) is 7.04. The van der Waals surface area contributed by atoms with Crippen LogP contribution in [-0.4, -0.2) is 23.7 Å². The number of anilines is 1. The maximum atomic E-state index is 12.1. The van der Waals surface area contributed by atoms with Gasteiger partial charge in [-0.3, -0.25) is 4.68 Å². The van der Waals surface area contributed by atoms with Crippen LogP contribution in [0.1, 0.15) is 26.5 Å². The van der Waals surface area contributed by atoms with Crippen LogP contribution in [-0.2, 0) is 17.1 Å². The van der Waals surface area contributed by atoms with Crippen molar-refractivity contribution in [2.24, 2.45) is 7.05 Å². The molecule has 0 radical (unpaired) electrons. The lowest BCUT2D eigenvalue weighted by atomic mass is 10.1. The number of nitrogens with zero attached hydrogens (tertiary/aromatic N) is 2. The predicted octanol–water partition coefficient (Wildman–Crippen LogP) is 0.388. The minimum atomic E-state index is -3.62. The van der Waals surface area contributed by atoms with Gasteiger partial charge in [0.1, 0.15) is 4.90 Å². The molecule has 3 N–H and O–H groups in total. The van der Waals surface area contributed by atoms with E-state index < -0.39 is 15.6 Å². The third-order valence-electron chi connectivity index (χ3n) is 2.01. The molecule has 0 saturated carbocycles. The monoisotopic (exact) mass is 246 g/mol. The molecule has 0 aliphatic heterocycles. The molecule has 0 aliphatic carbocycles. The van der Waals surface area contributed by atoms with Crippen LogP contribution in [0, 0.1) is 6.92 Å². The summed E-state index contributed by atoms with van der Waals surface area (Å²) >= 11 is 0. The normalized spacial score (nSPS) is 13.1. The van der Waals surface area contributed by atoms with Gasteiger partial charge in [-0.2, -0.15) is 5.10 Å². The Balaban J connectivity index is 3.28. The molecule has 0 aromatic carbocycles. The summed E-state index contributed by atoms with van der Waals surface area (Å²) in [7, 11) is -1.96. The summed E-state index contributed by atoms with van der Waals surface area (Å²) < 4.78 is 28.1. The summed E-state index contributed by atoms with van der Waals surface area (Å²) in [6, 6.07) is 0. The number of hydrogen-bond donors (Lipinski definition) is 2. The highest BCUT2D eigenvalue weighted by Crippen LogP contribution is 2.22. The molecule has 92 valence electrons. The van der Waals surface area contributed by atoms with Crippen molar-refractivity contribution < 1.29 is 8.42 Å². The van der Waals surface area contributed by atoms with Gasteiger partial charge in [0.25, 0.3) is 0 Å². The van der Waals surface area contributed by atoms with Crippen LogP contribution in [0.2, 0.25) is 0 Å². The van der Waals surface area contributed by atoms with Crippen LogP contribution >= 0.6 is 0 Å². The van der Waals surface area contributed by atoms with Gasteiger partial charge < -0.3 is 5.73 Å². The minimum Gasteiger partial charge on any atom is -0.381 e. The number of nitrogens with two attached hydrogens (primary N) is 1. The van der Waals surface area contributed by atoms with E-state index in [0.29, 0.717) is 5.69 Å². The SMILES string of the molecule is Cc1c(S(=O)(=O)NC(C)(C)C)c(N)nn1C. The summed E-state index contributed by atoms with van der Waals surface area (Å²) in [5, 5.41) is 3.88. The fraction of sp³-hybridized carbons (Fsp3) is 0.667. The van der Waals surface area contributed by atoms with Crippen LogP contribution in [0.4, 0.5) is 5.82 Å². The maximum Gasteiger partial charge on any atom is 0.246 e. The first kappa shape index (κ1) is 13.0. The summed E-state index contributed by atoms with van der Waals surface area (Å²) in [5.41, 5.74) is 5.57. The van der Waals surface area contributed by atoms with Crippen LogP contribution in [0.15, 0.2) is 4.90 Å². The van der Waals surface area contributed by atoms with Crippen molar-refractivity contribution in [3.05, 3.63) is 5.69 Å². The lowest BCUT2D eigenvalue weighted by Crippen LogP contribution is -2.40. The Kier molecular flexibility index (Phi) is 3.04. The molecule has 0 amide bonds. The van der Waals surface area contributed by atoms with Crippen molar-refractivity contribution in [2.75, 3.05) is 5.73 Å². The molecule has 1 heterocycles. The van der Waals surface area contributed by atoms with E-state index in [1.165, 1.54) is 4.68 Å². The molecule has 1 rings (SSSR count). The van der Waals surface area contributed by atoms with Gasteiger partial charge in [-0.15, -0.1) is 0 Å². The zero-order valence-electron chi connectivity index (χ0n) is 10.2. The first-order valence-corrected chi connectivity index (χ1v) is 6.36. The van der Waals surface area contributed by atoms with Gasteiger partial charge in [0.05, 0.1) is 5.69 Å². The highest BCUT2D eigenvalue weighted by Gasteiger charge is 2.28. The van der Waals surface area contributed by atoms with E-state index in [4.69, 9.17) is 5.73 Å². The molecule has 1 aromatic rings. The molecule has 0 spiro atoms. The second-order valence-electron chi connectivity index (χ2n) is 4.78. The number of aryl methyl sites for hydroxylation is 1. The second-order valence-corrected chi connectivity index (χ2v) is 6.40. The molecule has 0 saturated heterocycles. The van der Waals surface area contributed by atoms with Crippen molar-refractivity contribution in [1.82, 2.24) is 14.5 Å². The third-order valence-corrected chi connectivity index (χ3v) is 3.94. The Morgan fingerprint density at radius 3 is 2.19 bits per heavy atom. The molecule has 0 fully saturated rings. The van der Waals surface area contributed by atoms with Gasteiger partial charge in [0.2, 0.25) is 10.0 Å². The molecular weight excluding hydrogens is 228 g/mol. The van der Waals surface area contributed by atoms with Gasteiger partial charge in [0.15, 0.2) is 5.82 Å². The fourth-order valence-electron chi connectivity index (χ4n) is 1.40. The number of nitrogen functional groups attached to an aromatic ring is 1. The van der Waals surface area contributed by atoms with Crippen molar-refractivity contribution in [2.45, 2.75) is 38.1 Å². The fourth-order valence-corrected chi connectivity index (χ4v) is 3.15. The van der Waals surface area contributed by atoms with E-state index in [1.54, 1.807) is 34.7 Å². The van der Waals surface area contributed by atoms with Gasteiger partial charge in [-0.25, -0.2) is 13.1 Å². The topological polar surface area (TPSA) is 90.0 Å². The van der Waals surface area contributed by atoms with Crippen LogP contribution in [0.3, 0.4) is 0 Å². The van der Waals surface area contributed by atoms with E-state index in [0.717, 1.165) is 0 Å². The zero-order valence-corrected chi connectivity index (χ0v) is 11.0. The Labute approximate surface area is 95.9 Å². The van der Waals surface area contributed by atoms with Crippen LogP contribution in [0.5, 0.6) is 0 Å². The largest absolute Gasteiger partial charge is 0.381 e. The van der Waals surface area contributed by atoms with Gasteiger partial charge in [0, 0.05) is 12.6 Å². The van der Waals surface area contributed by atoms with Gasteiger partial charge in [-0.05, 0) is 27.7 Å². The lowest BCUT2D eigenvalue weighted by Gasteiger charge is -2.20. The molecular formula is C9H18N4O2S. The van der Waals surface area contributed by atoms with E-state index >= 15 is 0 Å². The highest BCUT2D eigenvalue weighted by molar-refractivity contribution is 7.89. The van der Waals surface area contributed by atoms with E-state index in [9.17, 15) is 8.42 Å². The summed E-state index contributed by atoms with van der Waals surface area (Å²) in [6.07, 6.45) is 0. The van der Waals surface area contributed by atoms with Crippen molar-refractivity contribution in [3.8, 4) is 0 Å². The van der Waals surface area contributed by atoms with Crippen LogP contribution < -0.4 is 10.5 Å². The molecule has 0 bridgehead atoms. The summed E-state index contributed by atoms with van der Waals surface area (Å²) in [6.45, 7) is 6.98. The predicted molar refractivity (Wildman–Crippen MR) is 62.4 cm³/mol. The van der Waals surface area contributed by atoms with Crippen molar-refractivity contribution in [1.29, 1.82) is 0 Å². The Hall–Kier alpha value is -1.08. The van der Waals surface area contributed by atoms with Crippen molar-refractivity contribution in [3.63, 3.8) is 0 Å². The lowest BCUT2D eigenvalue weighted by molar-refractivity contribution is 0.491. The van der Waals surface area contributed by atoms with E-state index in [1.807, 2.05) is 0 Å². The highest BCUT2D eigenvalue weighted by atomic mass is 32.2. The second kappa shape index (κ2) is 3.74. The maximum absolute atomic E-state index is 12.1. The molecule has 6 nitrogen and oxygen atoms in total. The van der Waals surface area contributed by atoms with Gasteiger partial charge >= 0.3 is 0 Å². The number of sulfonamides is 1. The minimum absolute atomic E-state index is 0.0248. The Morgan fingerprint density at radius 2 is 1.88 bits per heavy atom. The first-order valence-electron chi connectivity index (χ1n) is 4.87. The smallest absolute Gasteiger partial charge is 0.246 e. The molecule has 0 unspecified atom stereocenters. The molecule has 16 heavy (non-hydrogen) atoms. The third kappa shape index (κ3) is 2.53. The number of hydrogen-bond acceptors (Lipinski definition) is 4. The summed E-state index contributed by atoms with van der Waals surface area (Å²) in [5.74, 6) is 0.0248. The molecule has 1 aromatic heterocycles. The van der Waals surface area contributed by atoms with E-state index in [-0.39, 0.29) is 10.7 Å². The quantitative estimate of drug-likeness (QED) is 0.789. The van der Waals surface area contributed by atoms with E-state index in [2.05, 4.69) is 9.82 Å². The summed E-state index contributed by atoms with van der Waals surface area (Å²) in [4.78, 5) is 0.0601. The average molecular weight is 246 g/mol. The van der Waals surface area contributed by atoms with Crippen molar-refractivity contribution >= 4 is 15.8 Å².